The van der Waals surface area contributed by atoms with Crippen LogP contribution < -0.4 is 4.90 Å². The van der Waals surface area contributed by atoms with E-state index in [1.54, 1.807) is 0 Å². The summed E-state index contributed by atoms with van der Waals surface area (Å²) in [7, 11) is 0. The number of halogens is 3. The molecule has 0 aliphatic carbocycles. The molecule has 0 radical (unpaired) electrons. The summed E-state index contributed by atoms with van der Waals surface area (Å²) in [6.07, 6.45) is -0.789. The summed E-state index contributed by atoms with van der Waals surface area (Å²) in [5.74, 6) is 0.545. The number of rotatable bonds is 1. The Morgan fingerprint density at radius 3 is 2.60 bits per heavy atom. The monoisotopic (exact) mass is 286 g/mol. The van der Waals surface area contributed by atoms with Crippen LogP contribution in [0.2, 0.25) is 0 Å². The van der Waals surface area contributed by atoms with Crippen LogP contribution >= 0.6 is 0 Å². The Kier molecular flexibility index (Phi) is 3.54. The second-order valence-electron chi connectivity index (χ2n) is 5.41. The third-order valence-corrected chi connectivity index (χ3v) is 4.10. The van der Waals surface area contributed by atoms with Crippen LogP contribution in [0.25, 0.3) is 0 Å². The quantitative estimate of drug-likeness (QED) is 0.792. The second kappa shape index (κ2) is 5.20. The van der Waals surface area contributed by atoms with Gasteiger partial charge in [0.25, 0.3) is 0 Å². The molecule has 1 atom stereocenters. The number of anilines is 1. The van der Waals surface area contributed by atoms with Crippen LogP contribution in [-0.4, -0.2) is 47.3 Å². The number of hydrogen-bond donors (Lipinski definition) is 0. The van der Waals surface area contributed by atoms with Crippen molar-refractivity contribution in [3.63, 3.8) is 0 Å². The molecule has 0 spiro atoms. The van der Waals surface area contributed by atoms with Gasteiger partial charge in [0.2, 0.25) is 0 Å². The molecule has 0 saturated carbocycles. The largest absolute Gasteiger partial charge is 0.435 e. The lowest BCUT2D eigenvalue weighted by molar-refractivity contribution is -0.141. The Bertz CT molecular complexity index is 460. The SMILES string of the molecule is FC(F)(F)c1ccc(N2CCN3CCCCC3C2)nn1. The van der Waals surface area contributed by atoms with Crippen molar-refractivity contribution in [3.05, 3.63) is 17.8 Å². The Morgan fingerprint density at radius 2 is 1.90 bits per heavy atom. The molecule has 1 aromatic heterocycles. The highest BCUT2D eigenvalue weighted by atomic mass is 19.4. The second-order valence-corrected chi connectivity index (χ2v) is 5.41. The van der Waals surface area contributed by atoms with Crippen LogP contribution in [0.5, 0.6) is 0 Å². The van der Waals surface area contributed by atoms with Gasteiger partial charge in [-0.15, -0.1) is 10.2 Å². The molecule has 4 nitrogen and oxygen atoms in total. The van der Waals surface area contributed by atoms with Gasteiger partial charge in [-0.2, -0.15) is 13.2 Å². The van der Waals surface area contributed by atoms with Gasteiger partial charge in [0.05, 0.1) is 0 Å². The fourth-order valence-corrected chi connectivity index (χ4v) is 3.01. The molecule has 2 aliphatic rings. The first-order chi connectivity index (χ1) is 9.54. The molecule has 3 heterocycles. The van der Waals surface area contributed by atoms with Crippen LogP contribution in [-0.2, 0) is 6.18 Å². The average Bonchev–Trinajstić information content (AvgIpc) is 2.46. The van der Waals surface area contributed by atoms with Gasteiger partial charge >= 0.3 is 6.18 Å². The lowest BCUT2D eigenvalue weighted by atomic mass is 9.99. The van der Waals surface area contributed by atoms with Crippen molar-refractivity contribution in [1.29, 1.82) is 0 Å². The van der Waals surface area contributed by atoms with E-state index in [1.807, 2.05) is 4.90 Å². The van der Waals surface area contributed by atoms with Crippen molar-refractivity contribution in [1.82, 2.24) is 15.1 Å². The van der Waals surface area contributed by atoms with Crippen molar-refractivity contribution < 1.29 is 13.2 Å². The molecule has 1 unspecified atom stereocenters. The highest BCUT2D eigenvalue weighted by molar-refractivity contribution is 5.38. The number of piperazine rings is 1. The topological polar surface area (TPSA) is 32.3 Å². The number of alkyl halides is 3. The van der Waals surface area contributed by atoms with Gasteiger partial charge in [-0.3, -0.25) is 4.90 Å². The predicted molar refractivity (Wildman–Crippen MR) is 68.5 cm³/mol. The van der Waals surface area contributed by atoms with Crippen molar-refractivity contribution in [2.45, 2.75) is 31.5 Å². The van der Waals surface area contributed by atoms with Crippen LogP contribution in [0.15, 0.2) is 12.1 Å². The van der Waals surface area contributed by atoms with E-state index in [1.165, 1.54) is 18.9 Å². The van der Waals surface area contributed by atoms with Gasteiger partial charge < -0.3 is 4.90 Å². The minimum absolute atomic E-state index is 0.501. The lowest BCUT2D eigenvalue weighted by Crippen LogP contribution is -2.55. The van der Waals surface area contributed by atoms with E-state index in [0.29, 0.717) is 11.9 Å². The fourth-order valence-electron chi connectivity index (χ4n) is 3.01. The van der Waals surface area contributed by atoms with Crippen LogP contribution in [0, 0.1) is 0 Å². The minimum atomic E-state index is -4.42. The van der Waals surface area contributed by atoms with E-state index in [0.717, 1.165) is 38.7 Å². The summed E-state index contributed by atoms with van der Waals surface area (Å²) < 4.78 is 37.4. The van der Waals surface area contributed by atoms with Crippen LogP contribution in [0.3, 0.4) is 0 Å². The molecule has 0 amide bonds. The van der Waals surface area contributed by atoms with Gasteiger partial charge in [-0.1, -0.05) is 6.42 Å². The van der Waals surface area contributed by atoms with Crippen molar-refractivity contribution >= 4 is 5.82 Å². The molecule has 3 rings (SSSR count). The zero-order chi connectivity index (χ0) is 14.2. The van der Waals surface area contributed by atoms with Crippen molar-refractivity contribution in [2.75, 3.05) is 31.1 Å². The zero-order valence-electron chi connectivity index (χ0n) is 11.1. The summed E-state index contributed by atoms with van der Waals surface area (Å²) in [4.78, 5) is 4.51. The zero-order valence-corrected chi connectivity index (χ0v) is 11.1. The molecule has 2 fully saturated rings. The molecule has 2 aliphatic heterocycles. The molecule has 2 saturated heterocycles. The predicted octanol–water partition coefficient (Wildman–Crippen LogP) is 2.17. The van der Waals surface area contributed by atoms with E-state index in [9.17, 15) is 13.2 Å². The maximum atomic E-state index is 12.5. The molecule has 0 N–H and O–H groups in total. The van der Waals surface area contributed by atoms with Gasteiger partial charge in [0.1, 0.15) is 0 Å². The van der Waals surface area contributed by atoms with E-state index >= 15 is 0 Å². The van der Waals surface area contributed by atoms with E-state index in [4.69, 9.17) is 0 Å². The first kappa shape index (κ1) is 13.6. The van der Waals surface area contributed by atoms with Crippen LogP contribution in [0.4, 0.5) is 19.0 Å². The first-order valence-electron chi connectivity index (χ1n) is 6.94. The van der Waals surface area contributed by atoms with E-state index in [-0.39, 0.29) is 0 Å². The summed E-state index contributed by atoms with van der Waals surface area (Å²) in [6, 6.07) is 2.94. The molecule has 110 valence electrons. The van der Waals surface area contributed by atoms with Crippen molar-refractivity contribution in [3.8, 4) is 0 Å². The Hall–Kier alpha value is -1.37. The van der Waals surface area contributed by atoms with Crippen molar-refractivity contribution in [2.24, 2.45) is 0 Å². The summed E-state index contributed by atoms with van der Waals surface area (Å²) in [5, 5.41) is 7.04. The average molecular weight is 286 g/mol. The Morgan fingerprint density at radius 1 is 1.05 bits per heavy atom. The fraction of sp³-hybridized carbons (Fsp3) is 0.692. The van der Waals surface area contributed by atoms with Gasteiger partial charge in [0, 0.05) is 25.7 Å². The third-order valence-electron chi connectivity index (χ3n) is 4.10. The van der Waals surface area contributed by atoms with E-state index < -0.39 is 11.9 Å². The number of fused-ring (bicyclic) bond motifs is 1. The molecular formula is C13H17F3N4. The minimum Gasteiger partial charge on any atom is -0.352 e. The highest BCUT2D eigenvalue weighted by Gasteiger charge is 2.34. The number of piperidine rings is 1. The maximum absolute atomic E-state index is 12.5. The molecule has 1 aromatic rings. The van der Waals surface area contributed by atoms with E-state index in [2.05, 4.69) is 15.1 Å². The van der Waals surface area contributed by atoms with Gasteiger partial charge in [-0.05, 0) is 31.5 Å². The summed E-state index contributed by atoms with van der Waals surface area (Å²) >= 11 is 0. The highest BCUT2D eigenvalue weighted by Crippen LogP contribution is 2.28. The molecular weight excluding hydrogens is 269 g/mol. The third kappa shape index (κ3) is 2.72. The molecule has 20 heavy (non-hydrogen) atoms. The van der Waals surface area contributed by atoms with Crippen LogP contribution in [0.1, 0.15) is 25.0 Å². The maximum Gasteiger partial charge on any atom is 0.435 e. The summed E-state index contributed by atoms with van der Waals surface area (Å²) in [6.45, 7) is 3.72. The Labute approximate surface area is 115 Å². The molecule has 0 aromatic carbocycles. The smallest absolute Gasteiger partial charge is 0.352 e. The first-order valence-corrected chi connectivity index (χ1v) is 6.94. The summed E-state index contributed by atoms with van der Waals surface area (Å²) in [5.41, 5.74) is -0.933. The number of hydrogen-bond acceptors (Lipinski definition) is 4. The normalized spacial score (nSPS) is 24.6. The number of nitrogens with zero attached hydrogens (tertiary/aromatic N) is 4. The molecule has 0 bridgehead atoms. The van der Waals surface area contributed by atoms with Gasteiger partial charge in [-0.25, -0.2) is 0 Å². The standard InChI is InChI=1S/C13H17F3N4/c14-13(15,16)11-4-5-12(18-17-11)20-8-7-19-6-2-1-3-10(19)9-20/h4-5,10H,1-3,6-9H2. The molecule has 7 heteroatoms. The van der Waals surface area contributed by atoms with Gasteiger partial charge in [0.15, 0.2) is 11.5 Å². The Balaban J connectivity index is 1.70. The lowest BCUT2D eigenvalue weighted by Gasteiger charge is -2.44. The number of aromatic nitrogens is 2.